The Balaban J connectivity index is 1.43. The minimum absolute atomic E-state index is 0.0164. The van der Waals surface area contributed by atoms with Gasteiger partial charge < -0.3 is 5.21 Å². The van der Waals surface area contributed by atoms with Gasteiger partial charge in [0, 0.05) is 30.1 Å². The molecule has 40 heavy (non-hydrogen) atoms. The Morgan fingerprint density at radius 1 is 0.975 bits per heavy atom. The Labute approximate surface area is 228 Å². The van der Waals surface area contributed by atoms with Crippen LogP contribution in [0.1, 0.15) is 11.7 Å². The minimum Gasteiger partial charge on any atom is -0.618 e. The third-order valence-corrected chi connectivity index (χ3v) is 6.48. The molecule has 200 valence electrons. The monoisotopic (exact) mass is 564 g/mol. The highest BCUT2D eigenvalue weighted by atomic mass is 35.5. The highest BCUT2D eigenvalue weighted by Gasteiger charge is 2.27. The van der Waals surface area contributed by atoms with Crippen LogP contribution < -0.4 is 4.73 Å². The number of pyridine rings is 2. The van der Waals surface area contributed by atoms with E-state index < -0.39 is 23.6 Å². The first kappa shape index (κ1) is 25.2. The number of hydrogen-bond donors (Lipinski definition) is 0. The summed E-state index contributed by atoms with van der Waals surface area (Å²) in [5, 5.41) is 32.7. The SMILES string of the molecule is [O-][n+]1cc(-c2c(-n3cnnn3)ccc(Cl)c2F)ccc1C(Cn1cc(F)cn1)n1cc(-c2ccnc(F)c2)cn1. The van der Waals surface area contributed by atoms with E-state index in [-0.39, 0.29) is 34.1 Å². The van der Waals surface area contributed by atoms with E-state index in [2.05, 4.69) is 30.7 Å². The molecule has 0 aliphatic carbocycles. The molecule has 0 radical (unpaired) electrons. The average Bonchev–Trinajstić information content (AvgIpc) is 3.72. The molecule has 0 saturated heterocycles. The van der Waals surface area contributed by atoms with E-state index >= 15 is 4.39 Å². The van der Waals surface area contributed by atoms with Crippen LogP contribution in [0.15, 0.2) is 79.9 Å². The van der Waals surface area contributed by atoms with Crippen molar-refractivity contribution in [2.24, 2.45) is 0 Å². The van der Waals surface area contributed by atoms with Crippen molar-refractivity contribution in [1.82, 2.24) is 44.8 Å². The number of nitrogens with zero attached hydrogens (tertiary/aromatic N) is 10. The van der Waals surface area contributed by atoms with Gasteiger partial charge in [-0.2, -0.15) is 24.0 Å². The van der Waals surface area contributed by atoms with Gasteiger partial charge in [0.2, 0.25) is 11.6 Å². The predicted molar refractivity (Wildman–Crippen MR) is 134 cm³/mol. The Morgan fingerprint density at radius 3 is 2.58 bits per heavy atom. The van der Waals surface area contributed by atoms with Crippen molar-refractivity contribution in [3.05, 3.63) is 113 Å². The Hall–Kier alpha value is -5.11. The summed E-state index contributed by atoms with van der Waals surface area (Å²) in [4.78, 5) is 3.56. The van der Waals surface area contributed by atoms with Gasteiger partial charge in [0.05, 0.1) is 47.0 Å². The maximum absolute atomic E-state index is 15.3. The van der Waals surface area contributed by atoms with Gasteiger partial charge in [-0.25, -0.2) is 13.8 Å². The summed E-state index contributed by atoms with van der Waals surface area (Å²) in [5.74, 6) is -1.97. The summed E-state index contributed by atoms with van der Waals surface area (Å²) in [6.45, 7) is 0.0265. The summed E-state index contributed by atoms with van der Waals surface area (Å²) in [6, 6.07) is 8.03. The first-order valence-corrected chi connectivity index (χ1v) is 12.0. The molecule has 0 aliphatic heterocycles. The van der Waals surface area contributed by atoms with Crippen LogP contribution in [0.25, 0.3) is 27.9 Å². The molecule has 0 N–H and O–H groups in total. The van der Waals surface area contributed by atoms with Crippen molar-refractivity contribution in [2.75, 3.05) is 0 Å². The van der Waals surface area contributed by atoms with Gasteiger partial charge >= 0.3 is 0 Å². The second-order valence-electron chi connectivity index (χ2n) is 8.65. The largest absolute Gasteiger partial charge is 0.618 e. The molecule has 1 atom stereocenters. The fraction of sp³-hybridized carbons (Fsp3) is 0.0800. The molecule has 0 saturated carbocycles. The van der Waals surface area contributed by atoms with Gasteiger partial charge in [-0.05, 0) is 40.3 Å². The van der Waals surface area contributed by atoms with Crippen molar-refractivity contribution in [2.45, 2.75) is 12.6 Å². The van der Waals surface area contributed by atoms with E-state index in [0.29, 0.717) is 15.9 Å². The molecule has 5 heterocycles. The molecule has 0 bridgehead atoms. The number of benzene rings is 1. The van der Waals surface area contributed by atoms with E-state index in [1.807, 2.05) is 0 Å². The van der Waals surface area contributed by atoms with Crippen molar-refractivity contribution in [3.8, 4) is 27.9 Å². The zero-order valence-corrected chi connectivity index (χ0v) is 20.9. The van der Waals surface area contributed by atoms with Crippen LogP contribution >= 0.6 is 11.6 Å². The summed E-state index contributed by atoms with van der Waals surface area (Å²) in [7, 11) is 0. The maximum Gasteiger partial charge on any atom is 0.219 e. The van der Waals surface area contributed by atoms with E-state index in [1.54, 1.807) is 18.3 Å². The lowest BCUT2D eigenvalue weighted by Crippen LogP contribution is -2.37. The lowest BCUT2D eigenvalue weighted by Gasteiger charge is -2.18. The summed E-state index contributed by atoms with van der Waals surface area (Å²) in [5.41, 5.74) is 1.79. The molecule has 1 unspecified atom stereocenters. The Morgan fingerprint density at radius 2 is 1.85 bits per heavy atom. The summed E-state index contributed by atoms with van der Waals surface area (Å²) < 4.78 is 47.3. The normalized spacial score (nSPS) is 12.1. The molecule has 5 aromatic heterocycles. The zero-order chi connectivity index (χ0) is 27.8. The Bertz CT molecular complexity index is 1820. The van der Waals surface area contributed by atoms with Gasteiger partial charge in [0.15, 0.2) is 23.9 Å². The van der Waals surface area contributed by atoms with Crippen LogP contribution in [0.3, 0.4) is 0 Å². The number of rotatable bonds is 7. The van der Waals surface area contributed by atoms with Gasteiger partial charge in [0.1, 0.15) is 6.33 Å². The second-order valence-corrected chi connectivity index (χ2v) is 9.06. The predicted octanol–water partition coefficient (Wildman–Crippen LogP) is 3.78. The first-order chi connectivity index (χ1) is 19.4. The van der Waals surface area contributed by atoms with Crippen molar-refractivity contribution in [1.29, 1.82) is 0 Å². The molecule has 0 spiro atoms. The van der Waals surface area contributed by atoms with Gasteiger partial charge in [-0.1, -0.05) is 11.6 Å². The second kappa shape index (κ2) is 10.2. The van der Waals surface area contributed by atoms with E-state index in [1.165, 1.54) is 69.4 Å². The molecule has 0 aliphatic rings. The van der Waals surface area contributed by atoms with Crippen LogP contribution in [0, 0.1) is 22.8 Å². The highest BCUT2D eigenvalue weighted by Crippen LogP contribution is 2.33. The fourth-order valence-electron chi connectivity index (χ4n) is 4.34. The topological polar surface area (TPSA) is 119 Å². The smallest absolute Gasteiger partial charge is 0.219 e. The van der Waals surface area contributed by atoms with Crippen LogP contribution in [0.2, 0.25) is 5.02 Å². The number of halogens is 4. The van der Waals surface area contributed by atoms with E-state index in [4.69, 9.17) is 11.6 Å². The van der Waals surface area contributed by atoms with Gasteiger partial charge in [-0.15, -0.1) is 5.10 Å². The molecule has 0 amide bonds. The van der Waals surface area contributed by atoms with Crippen LogP contribution in [0.5, 0.6) is 0 Å². The summed E-state index contributed by atoms with van der Waals surface area (Å²) in [6.07, 6.45) is 9.16. The Kier molecular flexibility index (Phi) is 6.43. The molecule has 6 aromatic rings. The molecule has 11 nitrogen and oxygen atoms in total. The van der Waals surface area contributed by atoms with Crippen molar-refractivity contribution < 1.29 is 17.9 Å². The van der Waals surface area contributed by atoms with Gasteiger partial charge in [0.25, 0.3) is 0 Å². The third-order valence-electron chi connectivity index (χ3n) is 6.19. The van der Waals surface area contributed by atoms with Crippen molar-refractivity contribution >= 4 is 11.6 Å². The third kappa shape index (κ3) is 4.75. The van der Waals surface area contributed by atoms with Crippen LogP contribution in [0.4, 0.5) is 13.2 Å². The van der Waals surface area contributed by atoms with Crippen molar-refractivity contribution in [3.63, 3.8) is 0 Å². The quantitative estimate of drug-likeness (QED) is 0.164. The molecule has 1 aromatic carbocycles. The molecule has 0 fully saturated rings. The summed E-state index contributed by atoms with van der Waals surface area (Å²) >= 11 is 6.05. The highest BCUT2D eigenvalue weighted by molar-refractivity contribution is 6.31. The maximum atomic E-state index is 15.3. The molecule has 15 heteroatoms. The standard InChI is InChI=1S/C25H16ClF3N10O/c26-19-2-4-21(38-14-31-34-35-38)24(25(19)29)16-1-3-20(39(40)11-16)22(13-36-12-18(27)9-32-36)37-10-17(8-33-37)15-5-6-30-23(28)7-15/h1-12,14,22H,13H2. The zero-order valence-electron chi connectivity index (χ0n) is 20.2. The molecule has 6 rings (SSSR count). The minimum atomic E-state index is -0.783. The number of tetrazole rings is 1. The molecular weight excluding hydrogens is 549 g/mol. The lowest BCUT2D eigenvalue weighted by atomic mass is 10.0. The van der Waals surface area contributed by atoms with Crippen LogP contribution in [-0.4, -0.2) is 44.8 Å². The van der Waals surface area contributed by atoms with E-state index in [0.717, 1.165) is 6.20 Å². The van der Waals surface area contributed by atoms with E-state index in [9.17, 15) is 14.0 Å². The van der Waals surface area contributed by atoms with Crippen LogP contribution in [-0.2, 0) is 6.54 Å². The number of aromatic nitrogens is 10. The first-order valence-electron chi connectivity index (χ1n) is 11.7. The molecular formula is C25H16ClF3N10O. The van der Waals surface area contributed by atoms with Gasteiger partial charge in [-0.3, -0.25) is 9.36 Å². The lowest BCUT2D eigenvalue weighted by molar-refractivity contribution is -0.615. The number of hydrogen-bond acceptors (Lipinski definition) is 7. The fourth-order valence-corrected chi connectivity index (χ4v) is 4.50. The average molecular weight is 565 g/mol.